The van der Waals surface area contributed by atoms with Gasteiger partial charge in [0.2, 0.25) is 0 Å². The van der Waals surface area contributed by atoms with E-state index in [2.05, 4.69) is 0 Å². The Labute approximate surface area is 101 Å². The van der Waals surface area contributed by atoms with E-state index in [1.54, 1.807) is 13.0 Å². The number of hydrogen-bond acceptors (Lipinski definition) is 2. The maximum atomic E-state index is 12.9. The van der Waals surface area contributed by atoms with Gasteiger partial charge in [-0.05, 0) is 49.4 Å². The summed E-state index contributed by atoms with van der Waals surface area (Å²) in [7, 11) is 0. The van der Waals surface area contributed by atoms with Gasteiger partial charge in [-0.15, -0.1) is 0 Å². The van der Waals surface area contributed by atoms with E-state index in [0.29, 0.717) is 17.9 Å². The SMILES string of the molecule is Cc1cc(F)ccc1C(=O)CC1CCOCC1. The van der Waals surface area contributed by atoms with Crippen molar-refractivity contribution in [3.8, 4) is 0 Å². The highest BCUT2D eigenvalue weighted by Crippen LogP contribution is 2.22. The number of carbonyl (C=O) groups is 1. The van der Waals surface area contributed by atoms with Crippen molar-refractivity contribution < 1.29 is 13.9 Å². The fourth-order valence-corrected chi connectivity index (χ4v) is 2.26. The second kappa shape index (κ2) is 5.41. The topological polar surface area (TPSA) is 26.3 Å². The first-order chi connectivity index (χ1) is 8.16. The van der Waals surface area contributed by atoms with E-state index in [0.717, 1.165) is 31.6 Å². The maximum absolute atomic E-state index is 12.9. The monoisotopic (exact) mass is 236 g/mol. The molecule has 2 nitrogen and oxygen atoms in total. The number of benzene rings is 1. The summed E-state index contributed by atoms with van der Waals surface area (Å²) in [5.41, 5.74) is 1.37. The van der Waals surface area contributed by atoms with Crippen LogP contribution in [0.4, 0.5) is 4.39 Å². The summed E-state index contributed by atoms with van der Waals surface area (Å²) in [6.45, 7) is 3.28. The Morgan fingerprint density at radius 3 is 2.76 bits per heavy atom. The van der Waals surface area contributed by atoms with Crippen LogP contribution in [0.5, 0.6) is 0 Å². The summed E-state index contributed by atoms with van der Waals surface area (Å²) in [5, 5.41) is 0. The fraction of sp³-hybridized carbons (Fsp3) is 0.500. The van der Waals surface area contributed by atoms with Gasteiger partial charge in [-0.1, -0.05) is 0 Å². The molecule has 0 spiro atoms. The maximum Gasteiger partial charge on any atom is 0.163 e. The van der Waals surface area contributed by atoms with Gasteiger partial charge < -0.3 is 4.74 Å². The molecule has 17 heavy (non-hydrogen) atoms. The Morgan fingerprint density at radius 1 is 1.41 bits per heavy atom. The van der Waals surface area contributed by atoms with E-state index in [4.69, 9.17) is 4.74 Å². The second-order valence-electron chi connectivity index (χ2n) is 4.64. The molecule has 1 saturated heterocycles. The molecule has 92 valence electrons. The van der Waals surface area contributed by atoms with Gasteiger partial charge in [0.15, 0.2) is 5.78 Å². The van der Waals surface area contributed by atoms with Crippen molar-refractivity contribution in [1.82, 2.24) is 0 Å². The summed E-state index contributed by atoms with van der Waals surface area (Å²) in [4.78, 5) is 12.1. The van der Waals surface area contributed by atoms with Crippen LogP contribution in [0.15, 0.2) is 18.2 Å². The Hall–Kier alpha value is -1.22. The van der Waals surface area contributed by atoms with Gasteiger partial charge in [-0.2, -0.15) is 0 Å². The molecule has 1 aromatic rings. The molecule has 0 aliphatic carbocycles. The van der Waals surface area contributed by atoms with Crippen LogP contribution in [0.1, 0.15) is 35.2 Å². The second-order valence-corrected chi connectivity index (χ2v) is 4.64. The molecule has 1 aromatic carbocycles. The van der Waals surface area contributed by atoms with Gasteiger partial charge in [0.1, 0.15) is 5.82 Å². The summed E-state index contributed by atoms with van der Waals surface area (Å²) >= 11 is 0. The number of aryl methyl sites for hydroxylation is 1. The minimum absolute atomic E-state index is 0.120. The first-order valence-electron chi connectivity index (χ1n) is 6.04. The molecular weight excluding hydrogens is 219 g/mol. The van der Waals surface area contributed by atoms with Gasteiger partial charge in [0.25, 0.3) is 0 Å². The molecule has 0 atom stereocenters. The lowest BCUT2D eigenvalue weighted by molar-refractivity contribution is 0.0601. The molecule has 2 rings (SSSR count). The molecule has 0 N–H and O–H groups in total. The highest BCUT2D eigenvalue weighted by molar-refractivity contribution is 5.97. The molecule has 1 heterocycles. The zero-order valence-electron chi connectivity index (χ0n) is 10.0. The Balaban J connectivity index is 2.03. The third kappa shape index (κ3) is 3.13. The Bertz CT molecular complexity index is 409. The molecule has 0 aromatic heterocycles. The van der Waals surface area contributed by atoms with Crippen LogP contribution >= 0.6 is 0 Å². The van der Waals surface area contributed by atoms with E-state index < -0.39 is 0 Å². The zero-order chi connectivity index (χ0) is 12.3. The van der Waals surface area contributed by atoms with Gasteiger partial charge in [-0.3, -0.25) is 4.79 Å². The number of Topliss-reactive ketones (excluding diaryl/α,β-unsaturated/α-hetero) is 1. The fourth-order valence-electron chi connectivity index (χ4n) is 2.26. The normalized spacial score (nSPS) is 17.1. The molecule has 1 aliphatic heterocycles. The average molecular weight is 236 g/mol. The predicted molar refractivity (Wildman–Crippen MR) is 63.6 cm³/mol. The minimum atomic E-state index is -0.287. The first-order valence-corrected chi connectivity index (χ1v) is 6.04. The minimum Gasteiger partial charge on any atom is -0.381 e. The number of halogens is 1. The van der Waals surface area contributed by atoms with Crippen LogP contribution in [0.3, 0.4) is 0 Å². The number of rotatable bonds is 3. The van der Waals surface area contributed by atoms with Crippen molar-refractivity contribution in [2.24, 2.45) is 5.92 Å². The van der Waals surface area contributed by atoms with Crippen molar-refractivity contribution in [2.75, 3.05) is 13.2 Å². The van der Waals surface area contributed by atoms with Gasteiger partial charge in [-0.25, -0.2) is 4.39 Å². The van der Waals surface area contributed by atoms with Crippen LogP contribution < -0.4 is 0 Å². The lowest BCUT2D eigenvalue weighted by atomic mass is 9.91. The van der Waals surface area contributed by atoms with E-state index in [1.807, 2.05) is 0 Å². The third-order valence-electron chi connectivity index (χ3n) is 3.30. The standard InChI is InChI=1S/C14H17FO2/c1-10-8-12(15)2-3-13(10)14(16)9-11-4-6-17-7-5-11/h2-3,8,11H,4-7,9H2,1H3. The van der Waals surface area contributed by atoms with Crippen molar-refractivity contribution in [1.29, 1.82) is 0 Å². The van der Waals surface area contributed by atoms with E-state index in [9.17, 15) is 9.18 Å². The number of ketones is 1. The van der Waals surface area contributed by atoms with Crippen LogP contribution in [-0.2, 0) is 4.74 Å². The van der Waals surface area contributed by atoms with Crippen molar-refractivity contribution in [3.63, 3.8) is 0 Å². The van der Waals surface area contributed by atoms with E-state index in [1.165, 1.54) is 12.1 Å². The van der Waals surface area contributed by atoms with E-state index in [-0.39, 0.29) is 11.6 Å². The molecule has 1 fully saturated rings. The van der Waals surface area contributed by atoms with Gasteiger partial charge >= 0.3 is 0 Å². The van der Waals surface area contributed by atoms with Crippen molar-refractivity contribution in [2.45, 2.75) is 26.2 Å². The smallest absolute Gasteiger partial charge is 0.163 e. The summed E-state index contributed by atoms with van der Waals surface area (Å²) < 4.78 is 18.2. The lowest BCUT2D eigenvalue weighted by Crippen LogP contribution is -2.19. The molecule has 0 amide bonds. The highest BCUT2D eigenvalue weighted by Gasteiger charge is 2.19. The number of carbonyl (C=O) groups excluding carboxylic acids is 1. The lowest BCUT2D eigenvalue weighted by Gasteiger charge is -2.21. The first kappa shape index (κ1) is 12.2. The quantitative estimate of drug-likeness (QED) is 0.754. The zero-order valence-corrected chi connectivity index (χ0v) is 10.0. The van der Waals surface area contributed by atoms with Gasteiger partial charge in [0.05, 0.1) is 0 Å². The average Bonchev–Trinajstić information content (AvgIpc) is 2.30. The predicted octanol–water partition coefficient (Wildman–Crippen LogP) is 3.13. The van der Waals surface area contributed by atoms with Crippen molar-refractivity contribution in [3.05, 3.63) is 35.1 Å². The molecular formula is C14H17FO2. The molecule has 1 aliphatic rings. The van der Waals surface area contributed by atoms with Crippen LogP contribution in [0, 0.1) is 18.7 Å². The summed E-state index contributed by atoms with van der Waals surface area (Å²) in [5.74, 6) is 0.250. The van der Waals surface area contributed by atoms with Crippen molar-refractivity contribution >= 4 is 5.78 Å². The molecule has 0 bridgehead atoms. The molecule has 3 heteroatoms. The molecule has 0 unspecified atom stereocenters. The largest absolute Gasteiger partial charge is 0.381 e. The molecule has 0 saturated carbocycles. The van der Waals surface area contributed by atoms with Crippen LogP contribution in [0.2, 0.25) is 0 Å². The van der Waals surface area contributed by atoms with Gasteiger partial charge in [0, 0.05) is 25.2 Å². The third-order valence-corrected chi connectivity index (χ3v) is 3.30. The molecule has 0 radical (unpaired) electrons. The summed E-state index contributed by atoms with van der Waals surface area (Å²) in [6, 6.07) is 4.35. The summed E-state index contributed by atoms with van der Waals surface area (Å²) in [6.07, 6.45) is 2.45. The van der Waals surface area contributed by atoms with E-state index >= 15 is 0 Å². The number of hydrogen-bond donors (Lipinski definition) is 0. The Morgan fingerprint density at radius 2 is 2.12 bits per heavy atom. The van der Waals surface area contributed by atoms with Crippen LogP contribution in [0.25, 0.3) is 0 Å². The van der Waals surface area contributed by atoms with Crippen LogP contribution in [-0.4, -0.2) is 19.0 Å². The Kier molecular flexibility index (Phi) is 3.89. The highest BCUT2D eigenvalue weighted by atomic mass is 19.1. The number of ether oxygens (including phenoxy) is 1.